The topological polar surface area (TPSA) is 111 Å². The fraction of sp³-hybridized carbons (Fsp3) is 0.667. The summed E-state index contributed by atoms with van der Waals surface area (Å²) in [6.45, 7) is 4.95. The van der Waals surface area contributed by atoms with Crippen LogP contribution in [0.4, 0.5) is 11.6 Å². The van der Waals surface area contributed by atoms with Crippen molar-refractivity contribution in [1.82, 2.24) is 14.9 Å². The Morgan fingerprint density at radius 2 is 2.13 bits per heavy atom. The Hall–Kier alpha value is -1.93. The number of carboxylic acids is 1. The van der Waals surface area contributed by atoms with Crippen LogP contribution in [0.3, 0.4) is 0 Å². The van der Waals surface area contributed by atoms with Crippen LogP contribution in [0.1, 0.15) is 26.7 Å². The van der Waals surface area contributed by atoms with Crippen molar-refractivity contribution >= 4 is 17.6 Å². The Bertz CT molecular complexity index is 520. The maximum atomic E-state index is 10.8. The second-order valence-electron chi connectivity index (χ2n) is 5.94. The molecule has 1 unspecified atom stereocenters. The number of carboxylic acid groups (broad SMARTS) is 1. The first-order chi connectivity index (χ1) is 11.0. The van der Waals surface area contributed by atoms with Crippen molar-refractivity contribution in [1.29, 1.82) is 0 Å². The Morgan fingerprint density at radius 3 is 2.74 bits per heavy atom. The van der Waals surface area contributed by atoms with Crippen molar-refractivity contribution in [3.8, 4) is 0 Å². The normalized spacial score (nSPS) is 21.6. The minimum absolute atomic E-state index is 0.0921. The summed E-state index contributed by atoms with van der Waals surface area (Å²) in [6.07, 6.45) is 2.84. The minimum atomic E-state index is -0.784. The monoisotopic (exact) mass is 323 g/mol. The molecule has 1 aliphatic rings. The molecule has 1 aromatic rings. The SMILES string of the molecule is CCN(CC(=O)O)C1CC(Nc2cc(NCC(C)O)ncn2)C1. The van der Waals surface area contributed by atoms with E-state index in [4.69, 9.17) is 5.11 Å². The summed E-state index contributed by atoms with van der Waals surface area (Å²) in [5.41, 5.74) is 0. The lowest BCUT2D eigenvalue weighted by Gasteiger charge is -2.42. The molecular formula is C15H25N5O3. The van der Waals surface area contributed by atoms with Crippen molar-refractivity contribution in [2.75, 3.05) is 30.3 Å². The molecule has 0 spiro atoms. The molecule has 0 bridgehead atoms. The van der Waals surface area contributed by atoms with Crippen molar-refractivity contribution in [3.63, 3.8) is 0 Å². The molecule has 0 aliphatic heterocycles. The molecule has 0 radical (unpaired) electrons. The highest BCUT2D eigenvalue weighted by atomic mass is 16.4. The Labute approximate surface area is 135 Å². The van der Waals surface area contributed by atoms with E-state index in [1.165, 1.54) is 6.33 Å². The van der Waals surface area contributed by atoms with Gasteiger partial charge in [-0.3, -0.25) is 9.69 Å². The summed E-state index contributed by atoms with van der Waals surface area (Å²) >= 11 is 0. The van der Waals surface area contributed by atoms with Crippen molar-refractivity contribution < 1.29 is 15.0 Å². The molecule has 128 valence electrons. The molecule has 23 heavy (non-hydrogen) atoms. The van der Waals surface area contributed by atoms with E-state index in [0.29, 0.717) is 24.4 Å². The maximum absolute atomic E-state index is 10.8. The molecule has 1 heterocycles. The third-order valence-corrected chi connectivity index (χ3v) is 3.97. The van der Waals surface area contributed by atoms with Crippen molar-refractivity contribution in [2.45, 2.75) is 44.9 Å². The summed E-state index contributed by atoms with van der Waals surface area (Å²) in [5.74, 6) is 0.617. The predicted octanol–water partition coefficient (Wildman–Crippen LogP) is 0.619. The van der Waals surface area contributed by atoms with Crippen LogP contribution < -0.4 is 10.6 Å². The van der Waals surface area contributed by atoms with Gasteiger partial charge in [-0.1, -0.05) is 6.92 Å². The average Bonchev–Trinajstić information content (AvgIpc) is 2.46. The van der Waals surface area contributed by atoms with Crippen LogP contribution in [0.25, 0.3) is 0 Å². The zero-order valence-corrected chi connectivity index (χ0v) is 13.6. The fourth-order valence-electron chi connectivity index (χ4n) is 2.67. The van der Waals surface area contributed by atoms with Crippen LogP contribution >= 0.6 is 0 Å². The summed E-state index contributed by atoms with van der Waals surface area (Å²) in [5, 5.41) is 24.6. The zero-order valence-electron chi connectivity index (χ0n) is 13.6. The Balaban J connectivity index is 1.81. The van der Waals surface area contributed by atoms with E-state index >= 15 is 0 Å². The number of rotatable bonds is 9. The molecular weight excluding hydrogens is 298 g/mol. The summed E-state index contributed by atoms with van der Waals surface area (Å²) in [6, 6.07) is 2.41. The van der Waals surface area contributed by atoms with Crippen LogP contribution in [0, 0.1) is 0 Å². The smallest absolute Gasteiger partial charge is 0.317 e. The number of aliphatic hydroxyl groups excluding tert-OH is 1. The van der Waals surface area contributed by atoms with Gasteiger partial charge in [0.25, 0.3) is 0 Å². The lowest BCUT2D eigenvalue weighted by Crippen LogP contribution is -2.51. The van der Waals surface area contributed by atoms with E-state index < -0.39 is 12.1 Å². The molecule has 0 amide bonds. The second-order valence-corrected chi connectivity index (χ2v) is 5.94. The second kappa shape index (κ2) is 8.07. The van der Waals surface area contributed by atoms with Gasteiger partial charge in [-0.05, 0) is 26.3 Å². The highest BCUT2D eigenvalue weighted by molar-refractivity contribution is 5.69. The first kappa shape index (κ1) is 17.4. The first-order valence-corrected chi connectivity index (χ1v) is 7.94. The molecule has 0 aromatic carbocycles. The molecule has 1 fully saturated rings. The number of nitrogens with zero attached hydrogens (tertiary/aromatic N) is 3. The zero-order chi connectivity index (χ0) is 16.8. The largest absolute Gasteiger partial charge is 0.480 e. The molecule has 2 rings (SSSR count). The lowest BCUT2D eigenvalue weighted by molar-refractivity contribution is -0.139. The van der Waals surface area contributed by atoms with Crippen molar-refractivity contribution in [3.05, 3.63) is 12.4 Å². The maximum Gasteiger partial charge on any atom is 0.317 e. The van der Waals surface area contributed by atoms with Gasteiger partial charge in [-0.25, -0.2) is 9.97 Å². The third-order valence-electron chi connectivity index (χ3n) is 3.97. The van der Waals surface area contributed by atoms with Crippen LogP contribution in [-0.2, 0) is 4.79 Å². The fourth-order valence-corrected chi connectivity index (χ4v) is 2.67. The van der Waals surface area contributed by atoms with Crippen LogP contribution in [0.5, 0.6) is 0 Å². The van der Waals surface area contributed by atoms with E-state index in [1.54, 1.807) is 6.92 Å². The number of carbonyl (C=O) groups is 1. The molecule has 4 N–H and O–H groups in total. The van der Waals surface area contributed by atoms with E-state index in [2.05, 4.69) is 20.6 Å². The van der Waals surface area contributed by atoms with Crippen LogP contribution in [-0.4, -0.2) is 68.9 Å². The van der Waals surface area contributed by atoms with Crippen LogP contribution in [0.15, 0.2) is 12.4 Å². The van der Waals surface area contributed by atoms with E-state index in [9.17, 15) is 9.90 Å². The number of aromatic nitrogens is 2. The van der Waals surface area contributed by atoms with Gasteiger partial charge < -0.3 is 20.8 Å². The summed E-state index contributed by atoms with van der Waals surface area (Å²) < 4.78 is 0. The Morgan fingerprint density at radius 1 is 1.43 bits per heavy atom. The number of likely N-dealkylation sites (N-methyl/N-ethyl adjacent to an activating group) is 1. The third kappa shape index (κ3) is 5.33. The van der Waals surface area contributed by atoms with Gasteiger partial charge in [0.15, 0.2) is 0 Å². The van der Waals surface area contributed by atoms with Gasteiger partial charge in [-0.2, -0.15) is 0 Å². The predicted molar refractivity (Wildman–Crippen MR) is 87.5 cm³/mol. The summed E-state index contributed by atoms with van der Waals surface area (Å²) in [7, 11) is 0. The average molecular weight is 323 g/mol. The molecule has 1 aromatic heterocycles. The quantitative estimate of drug-likeness (QED) is 0.523. The number of hydrogen-bond acceptors (Lipinski definition) is 7. The molecule has 0 saturated heterocycles. The number of aliphatic hydroxyl groups is 1. The summed E-state index contributed by atoms with van der Waals surface area (Å²) in [4.78, 5) is 21.1. The molecule has 1 saturated carbocycles. The van der Waals surface area contributed by atoms with Gasteiger partial charge in [0.1, 0.15) is 18.0 Å². The number of nitrogens with one attached hydrogen (secondary N) is 2. The van der Waals surface area contributed by atoms with Crippen LogP contribution in [0.2, 0.25) is 0 Å². The molecule has 8 nitrogen and oxygen atoms in total. The van der Waals surface area contributed by atoms with E-state index in [-0.39, 0.29) is 6.54 Å². The number of anilines is 2. The lowest BCUT2D eigenvalue weighted by atomic mass is 9.85. The van der Waals surface area contributed by atoms with Gasteiger partial charge in [0.05, 0.1) is 12.6 Å². The first-order valence-electron chi connectivity index (χ1n) is 7.94. The van der Waals surface area contributed by atoms with Gasteiger partial charge in [0, 0.05) is 24.7 Å². The molecule has 1 aliphatic carbocycles. The van der Waals surface area contributed by atoms with Gasteiger partial charge in [-0.15, -0.1) is 0 Å². The molecule has 1 atom stereocenters. The Kier molecular flexibility index (Phi) is 6.12. The standard InChI is InChI=1S/C15H25N5O3/c1-3-20(8-15(22)23)12-4-11(5-12)19-14-6-13(17-9-18-14)16-7-10(2)21/h6,9-12,21H,3-5,7-8H2,1-2H3,(H,22,23)(H2,16,17,18,19). The highest BCUT2D eigenvalue weighted by Crippen LogP contribution is 2.28. The van der Waals surface area contributed by atoms with E-state index in [1.807, 2.05) is 17.9 Å². The van der Waals surface area contributed by atoms with Gasteiger partial charge >= 0.3 is 5.97 Å². The van der Waals surface area contributed by atoms with E-state index in [0.717, 1.165) is 25.2 Å². The van der Waals surface area contributed by atoms with Crippen molar-refractivity contribution in [2.24, 2.45) is 0 Å². The minimum Gasteiger partial charge on any atom is -0.480 e. The highest BCUT2D eigenvalue weighted by Gasteiger charge is 2.33. The van der Waals surface area contributed by atoms with Gasteiger partial charge in [0.2, 0.25) is 0 Å². The number of aliphatic carboxylic acids is 1. The number of hydrogen-bond donors (Lipinski definition) is 4. The molecule has 8 heteroatoms.